The van der Waals surface area contributed by atoms with Crippen molar-refractivity contribution >= 4 is 5.97 Å². The number of hydrogen-bond donors (Lipinski definition) is 3. The van der Waals surface area contributed by atoms with Crippen molar-refractivity contribution in [2.24, 2.45) is 0 Å². The molecule has 66 valence electrons. The monoisotopic (exact) mass is 169 g/mol. The molecule has 0 radical (unpaired) electrons. The van der Waals surface area contributed by atoms with Gasteiger partial charge in [0, 0.05) is 0 Å². The van der Waals surface area contributed by atoms with E-state index in [0.29, 0.717) is 0 Å². The second kappa shape index (κ2) is 2.98. The highest BCUT2D eigenvalue weighted by atomic mass is 16.4. The predicted octanol–water partition coefficient (Wildman–Crippen LogP) is -0.135. The Hall–Kier alpha value is -1.29. The Morgan fingerprint density at radius 2 is 2.42 bits per heavy atom. The quantitative estimate of drug-likeness (QED) is 0.538. The molecule has 0 aromatic rings. The number of aliphatic hydroxyl groups is 1. The van der Waals surface area contributed by atoms with Crippen molar-refractivity contribution in [2.75, 3.05) is 6.61 Å². The van der Waals surface area contributed by atoms with Crippen LogP contribution in [0.2, 0.25) is 0 Å². The molecule has 0 amide bonds. The minimum Gasteiger partial charge on any atom is -0.478 e. The standard InChI is InChI=1S/C8H11NO3/c1-8(5-10)4-6(7(11)12)2-3-9-8/h2-4,9-10H,5H2,1H3,(H,11,12). The number of dihydropyridines is 1. The molecule has 3 N–H and O–H groups in total. The Balaban J connectivity index is 2.89. The summed E-state index contributed by atoms with van der Waals surface area (Å²) >= 11 is 0. The summed E-state index contributed by atoms with van der Waals surface area (Å²) in [6, 6.07) is 0. The molecule has 0 fully saturated rings. The van der Waals surface area contributed by atoms with Gasteiger partial charge in [-0.25, -0.2) is 4.79 Å². The lowest BCUT2D eigenvalue weighted by Gasteiger charge is -2.27. The van der Waals surface area contributed by atoms with Gasteiger partial charge in [0.15, 0.2) is 0 Å². The van der Waals surface area contributed by atoms with Gasteiger partial charge in [0.05, 0.1) is 17.7 Å². The minimum atomic E-state index is -0.979. The van der Waals surface area contributed by atoms with Gasteiger partial charge >= 0.3 is 5.97 Å². The van der Waals surface area contributed by atoms with Crippen LogP contribution in [-0.4, -0.2) is 28.3 Å². The molecular formula is C8H11NO3. The Kier molecular flexibility index (Phi) is 2.19. The van der Waals surface area contributed by atoms with Crippen LogP contribution in [0, 0.1) is 0 Å². The summed E-state index contributed by atoms with van der Waals surface area (Å²) in [5.41, 5.74) is -0.451. The molecule has 12 heavy (non-hydrogen) atoms. The van der Waals surface area contributed by atoms with Crippen LogP contribution in [0.3, 0.4) is 0 Å². The number of aliphatic carboxylic acids is 1. The van der Waals surface area contributed by atoms with Crippen molar-refractivity contribution in [2.45, 2.75) is 12.5 Å². The van der Waals surface area contributed by atoms with Crippen LogP contribution in [0.25, 0.3) is 0 Å². The molecule has 1 rings (SSSR count). The smallest absolute Gasteiger partial charge is 0.335 e. The summed E-state index contributed by atoms with van der Waals surface area (Å²) < 4.78 is 0. The van der Waals surface area contributed by atoms with Crippen LogP contribution in [0.4, 0.5) is 0 Å². The summed E-state index contributed by atoms with van der Waals surface area (Å²) in [6.07, 6.45) is 4.48. The van der Waals surface area contributed by atoms with Crippen LogP contribution in [-0.2, 0) is 4.79 Å². The zero-order valence-corrected chi connectivity index (χ0v) is 6.74. The summed E-state index contributed by atoms with van der Waals surface area (Å²) in [4.78, 5) is 10.5. The zero-order valence-electron chi connectivity index (χ0n) is 6.74. The van der Waals surface area contributed by atoms with E-state index < -0.39 is 11.5 Å². The lowest BCUT2D eigenvalue weighted by Crippen LogP contribution is -2.42. The zero-order chi connectivity index (χ0) is 9.19. The third-order valence-electron chi connectivity index (χ3n) is 1.73. The lowest BCUT2D eigenvalue weighted by atomic mass is 9.97. The third kappa shape index (κ3) is 1.65. The fourth-order valence-corrected chi connectivity index (χ4v) is 0.979. The van der Waals surface area contributed by atoms with E-state index in [1.54, 1.807) is 6.92 Å². The molecule has 1 unspecified atom stereocenters. The fourth-order valence-electron chi connectivity index (χ4n) is 0.979. The molecule has 4 heteroatoms. The molecule has 1 aliphatic rings. The van der Waals surface area contributed by atoms with Crippen LogP contribution in [0.1, 0.15) is 6.92 Å². The van der Waals surface area contributed by atoms with E-state index >= 15 is 0 Å². The number of carbonyl (C=O) groups is 1. The molecule has 0 saturated heterocycles. The van der Waals surface area contributed by atoms with Crippen molar-refractivity contribution in [3.05, 3.63) is 23.9 Å². The lowest BCUT2D eigenvalue weighted by molar-refractivity contribution is -0.132. The third-order valence-corrected chi connectivity index (χ3v) is 1.73. The van der Waals surface area contributed by atoms with E-state index in [2.05, 4.69) is 5.32 Å². The van der Waals surface area contributed by atoms with Gasteiger partial charge in [-0.15, -0.1) is 0 Å². The molecule has 4 nitrogen and oxygen atoms in total. The maximum absolute atomic E-state index is 10.5. The van der Waals surface area contributed by atoms with Crippen LogP contribution in [0.5, 0.6) is 0 Å². The number of carboxylic acid groups (broad SMARTS) is 1. The van der Waals surface area contributed by atoms with Gasteiger partial charge in [0.1, 0.15) is 0 Å². The average molecular weight is 169 g/mol. The van der Waals surface area contributed by atoms with Crippen molar-refractivity contribution < 1.29 is 15.0 Å². The van der Waals surface area contributed by atoms with Gasteiger partial charge < -0.3 is 15.5 Å². The van der Waals surface area contributed by atoms with Crippen molar-refractivity contribution in [3.8, 4) is 0 Å². The van der Waals surface area contributed by atoms with Gasteiger partial charge in [-0.05, 0) is 25.3 Å². The van der Waals surface area contributed by atoms with Crippen molar-refractivity contribution in [1.29, 1.82) is 0 Å². The van der Waals surface area contributed by atoms with Gasteiger partial charge in [-0.2, -0.15) is 0 Å². The van der Waals surface area contributed by atoms with E-state index in [1.165, 1.54) is 18.4 Å². The van der Waals surface area contributed by atoms with Crippen LogP contribution in [0.15, 0.2) is 23.9 Å². The molecule has 0 aromatic heterocycles. The number of aliphatic hydroxyl groups excluding tert-OH is 1. The number of hydrogen-bond acceptors (Lipinski definition) is 3. The molecule has 0 aromatic carbocycles. The first-order valence-corrected chi connectivity index (χ1v) is 3.59. The highest BCUT2D eigenvalue weighted by Crippen LogP contribution is 2.14. The highest BCUT2D eigenvalue weighted by molar-refractivity contribution is 5.90. The summed E-state index contributed by atoms with van der Waals surface area (Å²) in [5, 5.41) is 20.4. The van der Waals surface area contributed by atoms with Crippen molar-refractivity contribution in [3.63, 3.8) is 0 Å². The molecule has 0 bridgehead atoms. The molecular weight excluding hydrogens is 158 g/mol. The Morgan fingerprint density at radius 3 is 2.92 bits per heavy atom. The normalized spacial score (nSPS) is 27.7. The highest BCUT2D eigenvalue weighted by Gasteiger charge is 2.23. The second-order valence-corrected chi connectivity index (χ2v) is 2.96. The Bertz CT molecular complexity index is 257. The number of carboxylic acids is 1. The average Bonchev–Trinajstić information content (AvgIpc) is 2.05. The van der Waals surface area contributed by atoms with Crippen LogP contribution < -0.4 is 5.32 Å². The van der Waals surface area contributed by atoms with E-state index in [-0.39, 0.29) is 12.2 Å². The Morgan fingerprint density at radius 1 is 1.75 bits per heavy atom. The predicted molar refractivity (Wildman–Crippen MR) is 43.5 cm³/mol. The first-order valence-electron chi connectivity index (χ1n) is 3.59. The first kappa shape index (κ1) is 8.80. The van der Waals surface area contributed by atoms with Crippen LogP contribution >= 0.6 is 0 Å². The molecule has 0 saturated carbocycles. The largest absolute Gasteiger partial charge is 0.478 e. The van der Waals surface area contributed by atoms with E-state index in [0.717, 1.165) is 0 Å². The molecule has 1 aliphatic heterocycles. The second-order valence-electron chi connectivity index (χ2n) is 2.96. The fraction of sp³-hybridized carbons (Fsp3) is 0.375. The maximum Gasteiger partial charge on any atom is 0.335 e. The van der Waals surface area contributed by atoms with Gasteiger partial charge in [-0.3, -0.25) is 0 Å². The maximum atomic E-state index is 10.5. The molecule has 0 spiro atoms. The number of rotatable bonds is 2. The number of nitrogens with one attached hydrogen (secondary N) is 1. The SMILES string of the molecule is CC1(CO)C=C(C(=O)O)C=CN1. The van der Waals surface area contributed by atoms with Crippen molar-refractivity contribution in [1.82, 2.24) is 5.32 Å². The van der Waals surface area contributed by atoms with E-state index in [4.69, 9.17) is 10.2 Å². The summed E-state index contributed by atoms with van der Waals surface area (Å²) in [6.45, 7) is 1.59. The summed E-state index contributed by atoms with van der Waals surface area (Å²) in [7, 11) is 0. The van der Waals surface area contributed by atoms with Gasteiger partial charge in [0.2, 0.25) is 0 Å². The molecule has 1 heterocycles. The summed E-state index contributed by atoms with van der Waals surface area (Å²) in [5.74, 6) is -0.979. The van der Waals surface area contributed by atoms with Gasteiger partial charge in [-0.1, -0.05) is 0 Å². The minimum absolute atomic E-state index is 0.131. The molecule has 0 aliphatic carbocycles. The van der Waals surface area contributed by atoms with Gasteiger partial charge in [0.25, 0.3) is 0 Å². The van der Waals surface area contributed by atoms with E-state index in [1.807, 2.05) is 0 Å². The first-order chi connectivity index (χ1) is 5.57. The Labute approximate surface area is 70.2 Å². The molecule has 1 atom stereocenters. The van der Waals surface area contributed by atoms with E-state index in [9.17, 15) is 4.79 Å². The topological polar surface area (TPSA) is 69.6 Å².